The van der Waals surface area contributed by atoms with Crippen molar-refractivity contribution in [2.45, 2.75) is 50.7 Å². The van der Waals surface area contributed by atoms with Gasteiger partial charge >= 0.3 is 0 Å². The Labute approximate surface area is 73.9 Å². The first-order chi connectivity index (χ1) is 5.92. The van der Waals surface area contributed by atoms with Gasteiger partial charge < -0.3 is 9.84 Å². The van der Waals surface area contributed by atoms with Crippen LogP contribution in [0.15, 0.2) is 0 Å². The molecule has 0 spiro atoms. The van der Waals surface area contributed by atoms with Crippen molar-refractivity contribution in [3.63, 3.8) is 0 Å². The second-order valence-corrected chi connectivity index (χ2v) is 4.05. The molecule has 0 unspecified atom stereocenters. The molecule has 0 amide bonds. The number of rotatable bonds is 3. The Morgan fingerprint density at radius 3 is 2.58 bits per heavy atom. The number of ether oxygens (including phenoxy) is 1. The highest BCUT2D eigenvalue weighted by atomic mass is 16.6. The van der Waals surface area contributed by atoms with Crippen LogP contribution >= 0.6 is 0 Å². The van der Waals surface area contributed by atoms with E-state index in [0.29, 0.717) is 12.2 Å². The van der Waals surface area contributed by atoms with Gasteiger partial charge in [-0.05, 0) is 25.2 Å². The van der Waals surface area contributed by atoms with Crippen molar-refractivity contribution in [3.05, 3.63) is 0 Å². The van der Waals surface area contributed by atoms with Gasteiger partial charge in [-0.25, -0.2) is 0 Å². The lowest BCUT2D eigenvalue weighted by Crippen LogP contribution is -2.14. The van der Waals surface area contributed by atoms with E-state index < -0.39 is 0 Å². The van der Waals surface area contributed by atoms with Crippen LogP contribution in [0.3, 0.4) is 0 Å². The zero-order valence-corrected chi connectivity index (χ0v) is 7.54. The van der Waals surface area contributed by atoms with Gasteiger partial charge in [-0.3, -0.25) is 0 Å². The predicted molar refractivity (Wildman–Crippen MR) is 46.9 cm³/mol. The Morgan fingerprint density at radius 1 is 1.17 bits per heavy atom. The van der Waals surface area contributed by atoms with Gasteiger partial charge in [0.1, 0.15) is 0 Å². The van der Waals surface area contributed by atoms with E-state index in [9.17, 15) is 0 Å². The second kappa shape index (κ2) is 3.75. The molecule has 1 saturated carbocycles. The zero-order chi connectivity index (χ0) is 8.39. The van der Waals surface area contributed by atoms with Crippen molar-refractivity contribution >= 4 is 0 Å². The summed E-state index contributed by atoms with van der Waals surface area (Å²) in [4.78, 5) is 0. The van der Waals surface area contributed by atoms with E-state index in [1.165, 1.54) is 32.1 Å². The summed E-state index contributed by atoms with van der Waals surface area (Å²) >= 11 is 0. The van der Waals surface area contributed by atoms with E-state index in [2.05, 4.69) is 0 Å². The average molecular weight is 170 g/mol. The first-order valence-corrected chi connectivity index (χ1v) is 5.18. The Kier molecular flexibility index (Phi) is 2.66. The van der Waals surface area contributed by atoms with Crippen LogP contribution in [-0.2, 0) is 4.74 Å². The van der Waals surface area contributed by atoms with Crippen LogP contribution in [-0.4, -0.2) is 23.9 Å². The van der Waals surface area contributed by atoms with Gasteiger partial charge in [-0.1, -0.05) is 19.3 Å². The lowest BCUT2D eigenvalue weighted by Gasteiger charge is -2.19. The van der Waals surface area contributed by atoms with Gasteiger partial charge in [-0.15, -0.1) is 0 Å². The van der Waals surface area contributed by atoms with E-state index in [1.54, 1.807) is 0 Å². The summed E-state index contributed by atoms with van der Waals surface area (Å²) in [7, 11) is 0. The van der Waals surface area contributed by atoms with Crippen molar-refractivity contribution in [2.75, 3.05) is 6.61 Å². The summed E-state index contributed by atoms with van der Waals surface area (Å²) in [6.45, 7) is 0.286. The standard InChI is InChI=1S/C10H18O2/c11-7-6-9-10(12-9)8-4-2-1-3-5-8/h8-11H,1-7H2/t9-,10+/m0/s1. The van der Waals surface area contributed by atoms with Crippen LogP contribution in [0.2, 0.25) is 0 Å². The quantitative estimate of drug-likeness (QED) is 0.654. The molecule has 2 atom stereocenters. The molecule has 1 N–H and O–H groups in total. The third-order valence-corrected chi connectivity index (χ3v) is 3.15. The summed E-state index contributed by atoms with van der Waals surface area (Å²) < 4.78 is 5.54. The van der Waals surface area contributed by atoms with Gasteiger partial charge in [0.15, 0.2) is 0 Å². The topological polar surface area (TPSA) is 32.8 Å². The van der Waals surface area contributed by atoms with Crippen LogP contribution < -0.4 is 0 Å². The Morgan fingerprint density at radius 2 is 1.92 bits per heavy atom. The normalized spacial score (nSPS) is 36.8. The molecule has 2 rings (SSSR count). The molecular weight excluding hydrogens is 152 g/mol. The summed E-state index contributed by atoms with van der Waals surface area (Å²) in [6, 6.07) is 0. The molecule has 12 heavy (non-hydrogen) atoms. The van der Waals surface area contributed by atoms with E-state index in [0.717, 1.165) is 12.3 Å². The molecule has 1 aliphatic heterocycles. The molecule has 1 heterocycles. The maximum atomic E-state index is 8.71. The van der Waals surface area contributed by atoms with Crippen LogP contribution in [0.5, 0.6) is 0 Å². The van der Waals surface area contributed by atoms with Gasteiger partial charge in [0.05, 0.1) is 12.2 Å². The molecule has 2 fully saturated rings. The van der Waals surface area contributed by atoms with E-state index in [1.807, 2.05) is 0 Å². The van der Waals surface area contributed by atoms with Crippen LogP contribution in [0.25, 0.3) is 0 Å². The molecule has 2 aliphatic rings. The minimum absolute atomic E-state index is 0.286. The van der Waals surface area contributed by atoms with Crippen molar-refractivity contribution < 1.29 is 9.84 Å². The van der Waals surface area contributed by atoms with E-state index in [-0.39, 0.29) is 6.61 Å². The minimum Gasteiger partial charge on any atom is -0.396 e. The van der Waals surface area contributed by atoms with E-state index >= 15 is 0 Å². The fourth-order valence-electron chi connectivity index (χ4n) is 2.39. The Balaban J connectivity index is 1.72. The summed E-state index contributed by atoms with van der Waals surface area (Å²) in [5, 5.41) is 8.71. The molecule has 2 heteroatoms. The highest BCUT2D eigenvalue weighted by Crippen LogP contribution is 2.39. The summed E-state index contributed by atoms with van der Waals surface area (Å²) in [6.07, 6.45) is 8.65. The largest absolute Gasteiger partial charge is 0.396 e. The third-order valence-electron chi connectivity index (χ3n) is 3.15. The molecule has 0 aromatic rings. The van der Waals surface area contributed by atoms with Crippen LogP contribution in [0, 0.1) is 5.92 Å². The number of hydrogen-bond donors (Lipinski definition) is 1. The molecule has 1 aliphatic carbocycles. The zero-order valence-electron chi connectivity index (χ0n) is 7.54. The monoisotopic (exact) mass is 170 g/mol. The first kappa shape index (κ1) is 8.52. The van der Waals surface area contributed by atoms with Crippen LogP contribution in [0.4, 0.5) is 0 Å². The number of aliphatic hydroxyl groups is 1. The molecule has 0 aromatic heterocycles. The predicted octanol–water partition coefficient (Wildman–Crippen LogP) is 1.72. The SMILES string of the molecule is OCC[C@@H]1O[C@@H]1C1CCCCC1. The van der Waals surface area contributed by atoms with Crippen molar-refractivity contribution in [2.24, 2.45) is 5.92 Å². The fraction of sp³-hybridized carbons (Fsp3) is 1.00. The molecule has 0 radical (unpaired) electrons. The van der Waals surface area contributed by atoms with E-state index in [4.69, 9.17) is 9.84 Å². The molecule has 70 valence electrons. The van der Waals surface area contributed by atoms with Crippen molar-refractivity contribution in [3.8, 4) is 0 Å². The minimum atomic E-state index is 0.286. The first-order valence-electron chi connectivity index (χ1n) is 5.18. The lowest BCUT2D eigenvalue weighted by molar-refractivity contribution is 0.248. The average Bonchev–Trinajstić information content (AvgIpc) is 2.87. The fourth-order valence-corrected chi connectivity index (χ4v) is 2.39. The second-order valence-electron chi connectivity index (χ2n) is 4.05. The molecule has 2 nitrogen and oxygen atoms in total. The van der Waals surface area contributed by atoms with Gasteiger partial charge in [0, 0.05) is 6.61 Å². The highest BCUT2D eigenvalue weighted by molar-refractivity contribution is 4.91. The molecule has 0 aromatic carbocycles. The smallest absolute Gasteiger partial charge is 0.0870 e. The molecule has 1 saturated heterocycles. The van der Waals surface area contributed by atoms with Crippen LogP contribution in [0.1, 0.15) is 38.5 Å². The Hall–Kier alpha value is -0.0800. The van der Waals surface area contributed by atoms with Crippen molar-refractivity contribution in [1.82, 2.24) is 0 Å². The summed E-state index contributed by atoms with van der Waals surface area (Å²) in [5.74, 6) is 0.815. The maximum Gasteiger partial charge on any atom is 0.0870 e. The highest BCUT2D eigenvalue weighted by Gasteiger charge is 2.43. The number of epoxide rings is 1. The Bertz CT molecular complexity index is 141. The maximum absolute atomic E-state index is 8.71. The molecular formula is C10H18O2. The van der Waals surface area contributed by atoms with Gasteiger partial charge in [-0.2, -0.15) is 0 Å². The lowest BCUT2D eigenvalue weighted by atomic mass is 9.85. The van der Waals surface area contributed by atoms with Gasteiger partial charge in [0.25, 0.3) is 0 Å². The third kappa shape index (κ3) is 1.80. The number of aliphatic hydroxyl groups excluding tert-OH is 1. The summed E-state index contributed by atoms with van der Waals surface area (Å²) in [5.41, 5.74) is 0. The van der Waals surface area contributed by atoms with Crippen molar-refractivity contribution in [1.29, 1.82) is 0 Å². The number of hydrogen-bond acceptors (Lipinski definition) is 2. The van der Waals surface area contributed by atoms with Gasteiger partial charge in [0.2, 0.25) is 0 Å². The molecule has 0 bridgehead atoms.